The van der Waals surface area contributed by atoms with E-state index in [1.165, 1.54) is 12.1 Å². The zero-order valence-electron chi connectivity index (χ0n) is 7.92. The molecule has 1 rings (SSSR count). The molecule has 0 radical (unpaired) electrons. The van der Waals surface area contributed by atoms with Gasteiger partial charge in [-0.15, -0.1) is 12.4 Å². The number of ketones is 1. The maximum Gasteiger partial charge on any atom is 0.167 e. The van der Waals surface area contributed by atoms with Gasteiger partial charge in [0.15, 0.2) is 5.78 Å². The summed E-state index contributed by atoms with van der Waals surface area (Å²) in [6, 6.07) is 4.57. The van der Waals surface area contributed by atoms with Crippen molar-refractivity contribution in [1.29, 1.82) is 0 Å². The Balaban J connectivity index is 0.00000169. The van der Waals surface area contributed by atoms with Crippen LogP contribution in [0.3, 0.4) is 0 Å². The quantitative estimate of drug-likeness (QED) is 0.788. The lowest BCUT2D eigenvalue weighted by Crippen LogP contribution is -2.09. The Kier molecular flexibility index (Phi) is 5.35. The van der Waals surface area contributed by atoms with Crippen LogP contribution in [-0.2, 0) is 0 Å². The molecular weight excluding hydrogens is 205 g/mol. The van der Waals surface area contributed by atoms with Gasteiger partial charge in [-0.2, -0.15) is 0 Å². The number of benzene rings is 1. The van der Waals surface area contributed by atoms with Crippen molar-refractivity contribution in [3.05, 3.63) is 35.1 Å². The highest BCUT2D eigenvalue weighted by molar-refractivity contribution is 5.96. The van der Waals surface area contributed by atoms with Crippen LogP contribution in [0.15, 0.2) is 18.2 Å². The summed E-state index contributed by atoms with van der Waals surface area (Å²) < 4.78 is 13.2. The van der Waals surface area contributed by atoms with E-state index in [1.807, 2.05) is 0 Å². The van der Waals surface area contributed by atoms with Crippen LogP contribution >= 0.6 is 12.4 Å². The standard InChI is InChI=1S/C10H12FNO.ClH/c1-7-2-3-8(9(11)6-7)10(13)4-5-12;/h2-3,6H,4-5,12H2,1H3;1H. The van der Waals surface area contributed by atoms with Crippen LogP contribution in [0.2, 0.25) is 0 Å². The van der Waals surface area contributed by atoms with E-state index in [1.54, 1.807) is 13.0 Å². The van der Waals surface area contributed by atoms with Crippen LogP contribution in [0, 0.1) is 12.7 Å². The van der Waals surface area contributed by atoms with Gasteiger partial charge in [0.2, 0.25) is 0 Å². The number of aryl methyl sites for hydroxylation is 1. The number of Topliss-reactive ketones (excluding diaryl/α,β-unsaturated/α-hetero) is 1. The largest absolute Gasteiger partial charge is 0.330 e. The van der Waals surface area contributed by atoms with Crippen molar-refractivity contribution >= 4 is 18.2 Å². The molecule has 14 heavy (non-hydrogen) atoms. The van der Waals surface area contributed by atoms with E-state index < -0.39 is 5.82 Å². The summed E-state index contributed by atoms with van der Waals surface area (Å²) in [6.45, 7) is 2.03. The molecule has 0 bridgehead atoms. The van der Waals surface area contributed by atoms with Crippen molar-refractivity contribution in [3.63, 3.8) is 0 Å². The van der Waals surface area contributed by atoms with E-state index in [2.05, 4.69) is 0 Å². The Labute approximate surface area is 88.7 Å². The van der Waals surface area contributed by atoms with Gasteiger partial charge in [-0.25, -0.2) is 4.39 Å². The van der Waals surface area contributed by atoms with E-state index in [0.29, 0.717) is 0 Å². The van der Waals surface area contributed by atoms with Crippen molar-refractivity contribution in [2.45, 2.75) is 13.3 Å². The van der Waals surface area contributed by atoms with Gasteiger partial charge in [-0.1, -0.05) is 6.07 Å². The Morgan fingerprint density at radius 1 is 1.50 bits per heavy atom. The molecule has 0 aliphatic rings. The van der Waals surface area contributed by atoms with Gasteiger partial charge in [0.25, 0.3) is 0 Å². The first-order valence-electron chi connectivity index (χ1n) is 4.14. The van der Waals surface area contributed by atoms with Gasteiger partial charge in [0.05, 0.1) is 5.56 Å². The molecule has 1 aromatic carbocycles. The SMILES string of the molecule is Cc1ccc(C(=O)CCN)c(F)c1.Cl. The predicted octanol–water partition coefficient (Wildman–Crippen LogP) is 2.09. The third kappa shape index (κ3) is 3.09. The summed E-state index contributed by atoms with van der Waals surface area (Å²) in [7, 11) is 0. The molecule has 78 valence electrons. The minimum absolute atomic E-state index is 0. The highest BCUT2D eigenvalue weighted by Gasteiger charge is 2.09. The van der Waals surface area contributed by atoms with Gasteiger partial charge in [0.1, 0.15) is 5.82 Å². The van der Waals surface area contributed by atoms with Crippen molar-refractivity contribution in [3.8, 4) is 0 Å². The molecule has 0 atom stereocenters. The van der Waals surface area contributed by atoms with Crippen LogP contribution in [0.1, 0.15) is 22.3 Å². The van der Waals surface area contributed by atoms with Crippen LogP contribution in [-0.4, -0.2) is 12.3 Å². The first-order valence-corrected chi connectivity index (χ1v) is 4.14. The fourth-order valence-corrected chi connectivity index (χ4v) is 1.11. The fourth-order valence-electron chi connectivity index (χ4n) is 1.11. The zero-order chi connectivity index (χ0) is 9.84. The minimum Gasteiger partial charge on any atom is -0.330 e. The van der Waals surface area contributed by atoms with Crippen LogP contribution < -0.4 is 5.73 Å². The molecule has 0 aromatic heterocycles. The molecule has 0 aliphatic heterocycles. The number of hydrogen-bond acceptors (Lipinski definition) is 2. The third-order valence-electron chi connectivity index (χ3n) is 1.80. The summed E-state index contributed by atoms with van der Waals surface area (Å²) in [5.74, 6) is -0.696. The smallest absolute Gasteiger partial charge is 0.167 e. The lowest BCUT2D eigenvalue weighted by molar-refractivity contribution is 0.0981. The molecule has 0 saturated carbocycles. The summed E-state index contributed by atoms with van der Waals surface area (Å²) in [5, 5.41) is 0. The van der Waals surface area contributed by atoms with Crippen molar-refractivity contribution in [1.82, 2.24) is 0 Å². The van der Waals surface area contributed by atoms with Gasteiger partial charge >= 0.3 is 0 Å². The molecule has 4 heteroatoms. The molecule has 0 saturated heterocycles. The lowest BCUT2D eigenvalue weighted by atomic mass is 10.1. The van der Waals surface area contributed by atoms with E-state index in [9.17, 15) is 9.18 Å². The molecule has 0 aliphatic carbocycles. The van der Waals surface area contributed by atoms with E-state index in [0.717, 1.165) is 5.56 Å². The second kappa shape index (κ2) is 5.73. The first-order chi connectivity index (χ1) is 6.15. The molecule has 2 nitrogen and oxygen atoms in total. The maximum absolute atomic E-state index is 13.2. The molecule has 0 fully saturated rings. The summed E-state index contributed by atoms with van der Waals surface area (Å²) in [4.78, 5) is 11.3. The monoisotopic (exact) mass is 217 g/mol. The Hall–Kier alpha value is -0.930. The Bertz CT molecular complexity index is 328. The normalized spacial score (nSPS) is 9.36. The van der Waals surface area contributed by atoms with Gasteiger partial charge in [0, 0.05) is 6.42 Å². The Morgan fingerprint density at radius 2 is 2.14 bits per heavy atom. The van der Waals surface area contributed by atoms with Crippen LogP contribution in [0.25, 0.3) is 0 Å². The van der Waals surface area contributed by atoms with E-state index >= 15 is 0 Å². The van der Waals surface area contributed by atoms with Gasteiger partial charge < -0.3 is 5.73 Å². The van der Waals surface area contributed by atoms with Crippen molar-refractivity contribution in [2.75, 3.05) is 6.54 Å². The second-order valence-corrected chi connectivity index (χ2v) is 2.95. The average molecular weight is 218 g/mol. The van der Waals surface area contributed by atoms with Gasteiger partial charge in [-0.05, 0) is 31.2 Å². The molecule has 0 unspecified atom stereocenters. The molecule has 0 amide bonds. The molecular formula is C10H13ClFNO. The molecule has 2 N–H and O–H groups in total. The highest BCUT2D eigenvalue weighted by atomic mass is 35.5. The lowest BCUT2D eigenvalue weighted by Gasteiger charge is -2.01. The molecule has 0 heterocycles. The van der Waals surface area contributed by atoms with Crippen molar-refractivity contribution in [2.24, 2.45) is 5.73 Å². The second-order valence-electron chi connectivity index (χ2n) is 2.95. The molecule has 0 spiro atoms. The maximum atomic E-state index is 13.2. The first kappa shape index (κ1) is 13.1. The van der Waals surface area contributed by atoms with E-state index in [4.69, 9.17) is 5.73 Å². The number of nitrogens with two attached hydrogens (primary N) is 1. The van der Waals surface area contributed by atoms with Crippen LogP contribution in [0.4, 0.5) is 4.39 Å². The van der Waals surface area contributed by atoms with E-state index in [-0.39, 0.29) is 36.7 Å². The number of hydrogen-bond donors (Lipinski definition) is 1. The predicted molar refractivity (Wildman–Crippen MR) is 56.4 cm³/mol. The number of carbonyl (C=O) groups is 1. The Morgan fingerprint density at radius 3 is 2.64 bits per heavy atom. The molecule has 1 aromatic rings. The number of halogens is 2. The zero-order valence-corrected chi connectivity index (χ0v) is 8.73. The summed E-state index contributed by atoms with van der Waals surface area (Å²) >= 11 is 0. The fraction of sp³-hybridized carbons (Fsp3) is 0.300. The average Bonchev–Trinajstić information content (AvgIpc) is 2.04. The number of rotatable bonds is 3. The highest BCUT2D eigenvalue weighted by Crippen LogP contribution is 2.11. The van der Waals surface area contributed by atoms with Crippen molar-refractivity contribution < 1.29 is 9.18 Å². The topological polar surface area (TPSA) is 43.1 Å². The number of carbonyl (C=O) groups excluding carboxylic acids is 1. The van der Waals surface area contributed by atoms with Gasteiger partial charge in [-0.3, -0.25) is 4.79 Å². The minimum atomic E-state index is -0.460. The van der Waals surface area contributed by atoms with Crippen LogP contribution in [0.5, 0.6) is 0 Å². The third-order valence-corrected chi connectivity index (χ3v) is 1.80. The summed E-state index contributed by atoms with van der Waals surface area (Å²) in [6.07, 6.45) is 0.194. The summed E-state index contributed by atoms with van der Waals surface area (Å²) in [5.41, 5.74) is 6.15.